The van der Waals surface area contributed by atoms with Gasteiger partial charge in [-0.25, -0.2) is 23.1 Å². The molecule has 2 rings (SSSR count). The molecule has 0 bridgehead atoms. The second-order valence-corrected chi connectivity index (χ2v) is 8.24. The van der Waals surface area contributed by atoms with Gasteiger partial charge in [0.05, 0.1) is 10.6 Å². The van der Waals surface area contributed by atoms with Crippen molar-refractivity contribution in [3.05, 3.63) is 53.6 Å². The van der Waals surface area contributed by atoms with E-state index in [0.29, 0.717) is 0 Å². The number of sulfonamides is 1. The molecule has 0 fully saturated rings. The summed E-state index contributed by atoms with van der Waals surface area (Å²) in [6, 6.07) is 6.93. The fraction of sp³-hybridized carbons (Fsp3) is 0.412. The third-order valence-electron chi connectivity index (χ3n) is 3.59. The molecule has 0 aliphatic heterocycles. The largest absolute Gasteiger partial charge is 0.244 e. The first-order valence-corrected chi connectivity index (χ1v) is 9.10. The zero-order chi connectivity index (χ0) is 17.1. The Hall–Kier alpha value is -1.79. The molecule has 0 spiro atoms. The van der Waals surface area contributed by atoms with E-state index in [-0.39, 0.29) is 16.9 Å². The summed E-state index contributed by atoms with van der Waals surface area (Å²) in [7, 11) is -3.55. The maximum Gasteiger partial charge on any atom is 0.240 e. The average Bonchev–Trinajstić information content (AvgIpc) is 2.52. The molecular weight excluding hydrogens is 310 g/mol. The number of aryl methyl sites for hydroxylation is 1. The lowest BCUT2D eigenvalue weighted by atomic mass is 9.89. The lowest BCUT2D eigenvalue weighted by molar-refractivity contribution is 0.551. The second kappa shape index (κ2) is 6.76. The number of hydrogen-bond acceptors (Lipinski definition) is 4. The van der Waals surface area contributed by atoms with Crippen molar-refractivity contribution in [1.29, 1.82) is 0 Å². The number of rotatable bonds is 5. The van der Waals surface area contributed by atoms with Crippen LogP contribution in [-0.2, 0) is 28.4 Å². The van der Waals surface area contributed by atoms with Gasteiger partial charge in [0.15, 0.2) is 0 Å². The standard InChI is InChI=1S/C17H23N3O2S/c1-5-13-6-8-15(9-7-13)23(21,22)20-11-14-10-18-12-19-16(14)17(2,3)4/h6-10,12,20H,5,11H2,1-4H3. The van der Waals surface area contributed by atoms with Gasteiger partial charge in [-0.2, -0.15) is 0 Å². The molecule has 0 aliphatic carbocycles. The molecular formula is C17H23N3O2S. The highest BCUT2D eigenvalue weighted by atomic mass is 32.2. The number of nitrogens with zero attached hydrogens (tertiary/aromatic N) is 2. The highest BCUT2D eigenvalue weighted by molar-refractivity contribution is 7.89. The van der Waals surface area contributed by atoms with Crippen LogP contribution in [0.3, 0.4) is 0 Å². The van der Waals surface area contributed by atoms with Gasteiger partial charge in [-0.3, -0.25) is 0 Å². The van der Waals surface area contributed by atoms with Crippen LogP contribution in [-0.4, -0.2) is 18.4 Å². The first-order valence-electron chi connectivity index (χ1n) is 7.62. The third kappa shape index (κ3) is 4.36. The normalized spacial score (nSPS) is 12.3. The van der Waals surface area contributed by atoms with Crippen LogP contribution < -0.4 is 4.72 Å². The minimum Gasteiger partial charge on any atom is -0.244 e. The van der Waals surface area contributed by atoms with Gasteiger partial charge in [-0.05, 0) is 24.1 Å². The van der Waals surface area contributed by atoms with Gasteiger partial charge in [0.2, 0.25) is 10.0 Å². The molecule has 5 nitrogen and oxygen atoms in total. The van der Waals surface area contributed by atoms with Crippen molar-refractivity contribution in [3.8, 4) is 0 Å². The van der Waals surface area contributed by atoms with E-state index in [1.807, 2.05) is 39.8 Å². The summed E-state index contributed by atoms with van der Waals surface area (Å²) in [6.07, 6.45) is 4.03. The van der Waals surface area contributed by atoms with E-state index >= 15 is 0 Å². The summed E-state index contributed by atoms with van der Waals surface area (Å²) in [6.45, 7) is 8.32. The van der Waals surface area contributed by atoms with Gasteiger partial charge in [-0.15, -0.1) is 0 Å². The smallest absolute Gasteiger partial charge is 0.240 e. The van der Waals surface area contributed by atoms with Crippen LogP contribution in [0.25, 0.3) is 0 Å². The maximum absolute atomic E-state index is 12.4. The fourth-order valence-corrected chi connectivity index (χ4v) is 3.33. The molecule has 0 aliphatic rings. The number of nitrogens with one attached hydrogen (secondary N) is 1. The number of benzene rings is 1. The van der Waals surface area contributed by atoms with Crippen LogP contribution in [0.15, 0.2) is 41.7 Å². The Kier molecular flexibility index (Phi) is 5.16. The van der Waals surface area contributed by atoms with Crippen LogP contribution in [0, 0.1) is 0 Å². The summed E-state index contributed by atoms with van der Waals surface area (Å²) in [5, 5.41) is 0. The van der Waals surface area contributed by atoms with Crippen LogP contribution in [0.1, 0.15) is 44.5 Å². The van der Waals surface area contributed by atoms with Gasteiger partial charge in [0.1, 0.15) is 6.33 Å². The zero-order valence-corrected chi connectivity index (χ0v) is 14.8. The molecule has 124 valence electrons. The maximum atomic E-state index is 12.4. The van der Waals surface area contributed by atoms with E-state index in [1.165, 1.54) is 6.33 Å². The molecule has 0 unspecified atom stereocenters. The molecule has 0 amide bonds. The van der Waals surface area contributed by atoms with Crippen molar-refractivity contribution in [2.24, 2.45) is 0 Å². The van der Waals surface area contributed by atoms with Crippen molar-refractivity contribution in [3.63, 3.8) is 0 Å². The number of aromatic nitrogens is 2. The van der Waals surface area contributed by atoms with E-state index in [9.17, 15) is 8.42 Å². The van der Waals surface area contributed by atoms with Crippen molar-refractivity contribution >= 4 is 10.0 Å². The average molecular weight is 333 g/mol. The van der Waals surface area contributed by atoms with Gasteiger partial charge in [-0.1, -0.05) is 39.8 Å². The molecule has 0 saturated heterocycles. The summed E-state index contributed by atoms with van der Waals surface area (Å²) in [5.74, 6) is 0. The van der Waals surface area contributed by atoms with Crippen molar-refractivity contribution in [2.45, 2.75) is 51.0 Å². The molecule has 0 atom stereocenters. The van der Waals surface area contributed by atoms with E-state index in [0.717, 1.165) is 23.2 Å². The van der Waals surface area contributed by atoms with Crippen molar-refractivity contribution in [2.75, 3.05) is 0 Å². The molecule has 0 saturated carbocycles. The molecule has 1 heterocycles. The van der Waals surface area contributed by atoms with E-state index in [2.05, 4.69) is 14.7 Å². The lowest BCUT2D eigenvalue weighted by Gasteiger charge is -2.21. The molecule has 1 aromatic carbocycles. The summed E-state index contributed by atoms with van der Waals surface area (Å²) >= 11 is 0. The van der Waals surface area contributed by atoms with Crippen molar-refractivity contribution in [1.82, 2.24) is 14.7 Å². The third-order valence-corrected chi connectivity index (χ3v) is 5.01. The Balaban J connectivity index is 2.20. The molecule has 23 heavy (non-hydrogen) atoms. The molecule has 6 heteroatoms. The van der Waals surface area contributed by atoms with Gasteiger partial charge in [0.25, 0.3) is 0 Å². The van der Waals surface area contributed by atoms with Crippen molar-refractivity contribution < 1.29 is 8.42 Å². The predicted octanol–water partition coefficient (Wildman–Crippen LogP) is 2.82. The summed E-state index contributed by atoms with van der Waals surface area (Å²) in [4.78, 5) is 8.58. The minimum atomic E-state index is -3.55. The first kappa shape index (κ1) is 17.6. The van der Waals surface area contributed by atoms with E-state index in [1.54, 1.807) is 18.3 Å². The highest BCUT2D eigenvalue weighted by Crippen LogP contribution is 2.23. The Labute approximate surface area is 138 Å². The van der Waals surface area contributed by atoms with Crippen LogP contribution in [0.4, 0.5) is 0 Å². The molecule has 1 N–H and O–H groups in total. The monoisotopic (exact) mass is 333 g/mol. The molecule has 1 aromatic heterocycles. The van der Waals surface area contributed by atoms with Crippen LogP contribution in [0.2, 0.25) is 0 Å². The highest BCUT2D eigenvalue weighted by Gasteiger charge is 2.21. The van der Waals surface area contributed by atoms with E-state index in [4.69, 9.17) is 0 Å². The Bertz CT molecular complexity index is 763. The van der Waals surface area contributed by atoms with Gasteiger partial charge >= 0.3 is 0 Å². The zero-order valence-electron chi connectivity index (χ0n) is 14.0. The summed E-state index contributed by atoms with van der Waals surface area (Å²) < 4.78 is 27.5. The minimum absolute atomic E-state index is 0.172. The first-order chi connectivity index (χ1) is 10.7. The van der Waals surface area contributed by atoms with E-state index < -0.39 is 10.0 Å². The Morgan fingerprint density at radius 2 is 1.78 bits per heavy atom. The topological polar surface area (TPSA) is 72.0 Å². The second-order valence-electron chi connectivity index (χ2n) is 6.47. The Morgan fingerprint density at radius 3 is 2.35 bits per heavy atom. The quantitative estimate of drug-likeness (QED) is 0.913. The van der Waals surface area contributed by atoms with Crippen LogP contribution >= 0.6 is 0 Å². The Morgan fingerprint density at radius 1 is 1.13 bits per heavy atom. The molecule has 0 radical (unpaired) electrons. The fourth-order valence-electron chi connectivity index (χ4n) is 2.32. The molecule has 2 aromatic rings. The predicted molar refractivity (Wildman–Crippen MR) is 90.6 cm³/mol. The SMILES string of the molecule is CCc1ccc(S(=O)(=O)NCc2cncnc2C(C)(C)C)cc1. The number of hydrogen-bond donors (Lipinski definition) is 1. The van der Waals surface area contributed by atoms with Crippen LogP contribution in [0.5, 0.6) is 0 Å². The van der Waals surface area contributed by atoms with Gasteiger partial charge in [0, 0.05) is 23.7 Å². The lowest BCUT2D eigenvalue weighted by Crippen LogP contribution is -2.26. The summed E-state index contributed by atoms with van der Waals surface area (Å²) in [5.41, 5.74) is 2.56. The van der Waals surface area contributed by atoms with Gasteiger partial charge < -0.3 is 0 Å².